The number of halogens is 2. The molecular formula is C22H19ClFN3O. The van der Waals surface area contributed by atoms with Crippen molar-refractivity contribution in [2.45, 2.75) is 37.6 Å². The molecular weight excluding hydrogens is 377 g/mol. The summed E-state index contributed by atoms with van der Waals surface area (Å²) in [6.07, 6.45) is 3.30. The first-order chi connectivity index (χ1) is 13.4. The van der Waals surface area contributed by atoms with Crippen molar-refractivity contribution in [3.8, 4) is 17.2 Å². The van der Waals surface area contributed by atoms with Gasteiger partial charge in [0.15, 0.2) is 0 Å². The summed E-state index contributed by atoms with van der Waals surface area (Å²) in [5, 5.41) is 20.9. The number of imidazole rings is 1. The number of alkyl halides is 1. The summed E-state index contributed by atoms with van der Waals surface area (Å²) in [5.41, 5.74) is -0.00736. The van der Waals surface area contributed by atoms with E-state index >= 15 is 4.39 Å². The molecule has 1 N–H and O–H groups in total. The first-order valence-corrected chi connectivity index (χ1v) is 9.43. The maximum Gasteiger partial charge on any atom is 0.145 e. The van der Waals surface area contributed by atoms with Crippen LogP contribution in [0.25, 0.3) is 11.1 Å². The molecule has 4 nitrogen and oxygen atoms in total. The molecule has 1 atom stereocenters. The van der Waals surface area contributed by atoms with E-state index in [4.69, 9.17) is 11.6 Å². The van der Waals surface area contributed by atoms with Gasteiger partial charge in [-0.1, -0.05) is 53.6 Å². The lowest BCUT2D eigenvalue weighted by Crippen LogP contribution is -2.43. The van der Waals surface area contributed by atoms with Crippen molar-refractivity contribution in [3.05, 3.63) is 76.8 Å². The van der Waals surface area contributed by atoms with E-state index in [1.807, 2.05) is 43.3 Å². The standard InChI is InChI=1S/C22H19ClFN3O/c1-15-2-4-16(5-3-15)17-6-7-19(20(23)10-17)22(28,21(24)8-9-21)13-27-14-26-12-18(27)11-25/h2-7,10,12,14,28H,8-9,13H2,1H3. The topological polar surface area (TPSA) is 61.8 Å². The Morgan fingerprint density at radius 3 is 2.54 bits per heavy atom. The van der Waals surface area contributed by atoms with Crippen molar-refractivity contribution >= 4 is 11.6 Å². The quantitative estimate of drug-likeness (QED) is 0.676. The van der Waals surface area contributed by atoms with E-state index in [0.29, 0.717) is 10.6 Å². The van der Waals surface area contributed by atoms with Gasteiger partial charge in [-0.3, -0.25) is 0 Å². The summed E-state index contributed by atoms with van der Waals surface area (Å²) in [7, 11) is 0. The molecule has 1 heterocycles. The lowest BCUT2D eigenvalue weighted by atomic mass is 9.85. The Kier molecular flexibility index (Phi) is 4.49. The fourth-order valence-electron chi connectivity index (χ4n) is 3.55. The average molecular weight is 396 g/mol. The van der Waals surface area contributed by atoms with Crippen LogP contribution in [-0.4, -0.2) is 20.3 Å². The Morgan fingerprint density at radius 2 is 1.93 bits per heavy atom. The molecule has 1 saturated carbocycles. The first-order valence-electron chi connectivity index (χ1n) is 9.05. The van der Waals surface area contributed by atoms with Gasteiger partial charge in [-0.25, -0.2) is 9.37 Å². The Morgan fingerprint density at radius 1 is 1.25 bits per heavy atom. The van der Waals surface area contributed by atoms with Crippen molar-refractivity contribution in [1.82, 2.24) is 9.55 Å². The zero-order chi connectivity index (χ0) is 19.9. The van der Waals surface area contributed by atoms with E-state index in [9.17, 15) is 10.4 Å². The zero-order valence-corrected chi connectivity index (χ0v) is 16.1. The number of nitrogens with zero attached hydrogens (tertiary/aromatic N) is 3. The van der Waals surface area contributed by atoms with Crippen LogP contribution in [0.4, 0.5) is 4.39 Å². The Labute approximate surface area is 167 Å². The number of rotatable bonds is 5. The van der Waals surface area contributed by atoms with Crippen LogP contribution in [0.15, 0.2) is 55.0 Å². The SMILES string of the molecule is Cc1ccc(-c2ccc(C(O)(Cn3cncc3C#N)C3(F)CC3)c(Cl)c2)cc1. The van der Waals surface area contributed by atoms with Gasteiger partial charge < -0.3 is 9.67 Å². The molecule has 0 saturated heterocycles. The summed E-state index contributed by atoms with van der Waals surface area (Å²) < 4.78 is 16.7. The summed E-state index contributed by atoms with van der Waals surface area (Å²) in [6.45, 7) is 1.89. The molecule has 142 valence electrons. The normalized spacial score (nSPS) is 17.0. The molecule has 0 radical (unpaired) electrons. The van der Waals surface area contributed by atoms with Gasteiger partial charge in [-0.05, 0) is 37.0 Å². The molecule has 2 aromatic carbocycles. The number of nitriles is 1. The minimum absolute atomic E-state index is 0.129. The maximum atomic E-state index is 15.3. The minimum atomic E-state index is -1.85. The molecule has 1 aromatic heterocycles. The van der Waals surface area contributed by atoms with Crippen LogP contribution >= 0.6 is 11.6 Å². The summed E-state index contributed by atoms with van der Waals surface area (Å²) >= 11 is 6.53. The zero-order valence-electron chi connectivity index (χ0n) is 15.4. The van der Waals surface area contributed by atoms with Gasteiger partial charge in [0.1, 0.15) is 23.0 Å². The third-order valence-electron chi connectivity index (χ3n) is 5.46. The molecule has 1 aliphatic carbocycles. The van der Waals surface area contributed by atoms with E-state index in [-0.39, 0.29) is 25.1 Å². The fourth-order valence-corrected chi connectivity index (χ4v) is 3.89. The van der Waals surface area contributed by atoms with Gasteiger partial charge >= 0.3 is 0 Å². The predicted octanol–water partition coefficient (Wildman–Crippen LogP) is 4.77. The van der Waals surface area contributed by atoms with Crippen molar-refractivity contribution < 1.29 is 9.50 Å². The molecule has 0 aliphatic heterocycles. The number of hydrogen-bond acceptors (Lipinski definition) is 3. The second kappa shape index (κ2) is 6.73. The number of benzene rings is 2. The Balaban J connectivity index is 1.75. The largest absolute Gasteiger partial charge is 0.380 e. The third-order valence-corrected chi connectivity index (χ3v) is 5.77. The maximum absolute atomic E-state index is 15.3. The van der Waals surface area contributed by atoms with Crippen molar-refractivity contribution in [3.63, 3.8) is 0 Å². The number of aryl methyl sites for hydroxylation is 1. The van der Waals surface area contributed by atoms with E-state index in [0.717, 1.165) is 16.7 Å². The Bertz CT molecular complexity index is 1070. The van der Waals surface area contributed by atoms with Crippen LogP contribution in [0.5, 0.6) is 0 Å². The molecule has 0 bridgehead atoms. The third kappa shape index (κ3) is 3.09. The molecule has 1 unspecified atom stereocenters. The van der Waals surface area contributed by atoms with Crippen LogP contribution < -0.4 is 0 Å². The van der Waals surface area contributed by atoms with Gasteiger partial charge in [-0.2, -0.15) is 5.26 Å². The summed E-state index contributed by atoms with van der Waals surface area (Å²) in [4.78, 5) is 3.93. The molecule has 1 aliphatic rings. The summed E-state index contributed by atoms with van der Waals surface area (Å²) in [5.74, 6) is 0. The van der Waals surface area contributed by atoms with E-state index in [2.05, 4.69) is 4.98 Å². The minimum Gasteiger partial charge on any atom is -0.380 e. The highest BCUT2D eigenvalue weighted by Crippen LogP contribution is 2.55. The second-order valence-electron chi connectivity index (χ2n) is 7.40. The van der Waals surface area contributed by atoms with Gasteiger partial charge in [0.2, 0.25) is 0 Å². The number of hydrogen-bond donors (Lipinski definition) is 1. The van der Waals surface area contributed by atoms with Crippen molar-refractivity contribution in [2.24, 2.45) is 0 Å². The van der Waals surface area contributed by atoms with Gasteiger partial charge in [0.05, 0.1) is 19.1 Å². The van der Waals surface area contributed by atoms with Crippen LogP contribution in [0.3, 0.4) is 0 Å². The lowest BCUT2D eigenvalue weighted by molar-refractivity contribution is -0.0697. The Hall–Kier alpha value is -2.68. The van der Waals surface area contributed by atoms with E-state index in [1.54, 1.807) is 12.1 Å². The molecule has 6 heteroatoms. The van der Waals surface area contributed by atoms with E-state index < -0.39 is 11.3 Å². The molecule has 0 amide bonds. The summed E-state index contributed by atoms with van der Waals surface area (Å²) in [6, 6.07) is 15.3. The van der Waals surface area contributed by atoms with Crippen molar-refractivity contribution in [1.29, 1.82) is 5.26 Å². The van der Waals surface area contributed by atoms with Crippen molar-refractivity contribution in [2.75, 3.05) is 0 Å². The van der Waals surface area contributed by atoms with Crippen LogP contribution in [0.1, 0.15) is 29.7 Å². The molecule has 4 rings (SSSR count). The fraction of sp³-hybridized carbons (Fsp3) is 0.273. The van der Waals surface area contributed by atoms with Crippen LogP contribution in [0.2, 0.25) is 5.02 Å². The molecule has 3 aromatic rings. The average Bonchev–Trinajstić information content (AvgIpc) is 3.29. The number of aliphatic hydroxyl groups is 1. The molecule has 1 fully saturated rings. The lowest BCUT2D eigenvalue weighted by Gasteiger charge is -2.33. The van der Waals surface area contributed by atoms with Crippen LogP contribution in [-0.2, 0) is 12.1 Å². The highest BCUT2D eigenvalue weighted by Gasteiger charge is 2.61. The molecule has 0 spiro atoms. The van der Waals surface area contributed by atoms with Gasteiger partial charge in [-0.15, -0.1) is 0 Å². The van der Waals surface area contributed by atoms with E-state index in [1.165, 1.54) is 17.1 Å². The monoisotopic (exact) mass is 395 g/mol. The molecule has 28 heavy (non-hydrogen) atoms. The number of aromatic nitrogens is 2. The van der Waals surface area contributed by atoms with Gasteiger partial charge in [0, 0.05) is 10.6 Å². The highest BCUT2D eigenvalue weighted by atomic mass is 35.5. The predicted molar refractivity (Wildman–Crippen MR) is 106 cm³/mol. The smallest absolute Gasteiger partial charge is 0.145 e. The second-order valence-corrected chi connectivity index (χ2v) is 7.81. The van der Waals surface area contributed by atoms with Crippen LogP contribution in [0, 0.1) is 18.3 Å². The van der Waals surface area contributed by atoms with Gasteiger partial charge in [0.25, 0.3) is 0 Å². The first kappa shape index (κ1) is 18.7. The highest BCUT2D eigenvalue weighted by molar-refractivity contribution is 6.31.